The van der Waals surface area contributed by atoms with Crippen molar-refractivity contribution in [1.82, 2.24) is 10.2 Å². The number of ether oxygens (including phenoxy) is 1. The first-order valence-electron chi connectivity index (χ1n) is 6.71. The Balaban J connectivity index is 3.17. The van der Waals surface area contributed by atoms with Crippen LogP contribution >= 0.6 is 0 Å². The normalized spacial score (nSPS) is 14.2. The summed E-state index contributed by atoms with van der Waals surface area (Å²) in [6.45, 7) is 5.72. The maximum atomic E-state index is 12.4. The van der Waals surface area contributed by atoms with Crippen LogP contribution in [0.2, 0.25) is 0 Å². The minimum Gasteiger partial charge on any atom is -0.464 e. The average molecular weight is 264 g/mol. The summed E-state index contributed by atoms with van der Waals surface area (Å²) in [5.41, 5.74) is 0.110. The second kappa shape index (κ2) is 7.26. The van der Waals surface area contributed by atoms with E-state index in [9.17, 15) is 4.79 Å². The average Bonchev–Trinajstić information content (AvgIpc) is 2.45. The Kier molecular flexibility index (Phi) is 5.99. The molecule has 1 rings (SSSR count). The van der Waals surface area contributed by atoms with Crippen LogP contribution in [0.3, 0.4) is 0 Å². The number of hydrogen-bond donors (Lipinski definition) is 1. The maximum Gasteiger partial charge on any atom is 0.332 e. The van der Waals surface area contributed by atoms with E-state index in [0.717, 1.165) is 12.1 Å². The molecule has 0 spiro atoms. The third kappa shape index (κ3) is 3.55. The number of carbonyl (C=O) groups excluding carboxylic acids is 1. The van der Waals surface area contributed by atoms with Gasteiger partial charge in [-0.1, -0.05) is 37.3 Å². The van der Waals surface area contributed by atoms with E-state index in [-0.39, 0.29) is 5.97 Å². The minimum atomic E-state index is -0.817. The van der Waals surface area contributed by atoms with Crippen molar-refractivity contribution in [1.29, 1.82) is 0 Å². The van der Waals surface area contributed by atoms with Gasteiger partial charge in [0.25, 0.3) is 0 Å². The highest BCUT2D eigenvalue weighted by atomic mass is 16.5. The Hall–Kier alpha value is -1.39. The smallest absolute Gasteiger partial charge is 0.332 e. The summed E-state index contributed by atoms with van der Waals surface area (Å²) < 4.78 is 5.27. The highest BCUT2D eigenvalue weighted by molar-refractivity contribution is 5.83. The Bertz CT molecular complexity index is 394. The molecule has 1 N–H and O–H groups in total. The molecule has 1 unspecified atom stereocenters. The molecular formula is C15H24N2O2. The van der Waals surface area contributed by atoms with Gasteiger partial charge >= 0.3 is 5.97 Å². The lowest BCUT2D eigenvalue weighted by Gasteiger charge is -2.34. The van der Waals surface area contributed by atoms with E-state index in [4.69, 9.17) is 4.74 Å². The number of likely N-dealkylation sites (N-methyl/N-ethyl adjacent to an activating group) is 2. The van der Waals surface area contributed by atoms with Crippen LogP contribution in [0.5, 0.6) is 0 Å². The molecule has 0 aliphatic heterocycles. The van der Waals surface area contributed by atoms with Gasteiger partial charge in [0.05, 0.1) is 6.61 Å². The third-order valence-electron chi connectivity index (χ3n) is 3.36. The molecule has 0 fully saturated rings. The minimum absolute atomic E-state index is 0.232. The van der Waals surface area contributed by atoms with Gasteiger partial charge in [-0.25, -0.2) is 4.79 Å². The molecule has 4 heteroatoms. The fourth-order valence-electron chi connectivity index (χ4n) is 2.09. The van der Waals surface area contributed by atoms with E-state index in [1.54, 1.807) is 7.05 Å². The standard InChI is InChI=1S/C15H24N2O2/c1-5-17(4)12-15(16-3,14(18)19-6-2)13-10-8-7-9-11-13/h7-11,16H,5-6,12H2,1-4H3. The first kappa shape index (κ1) is 15.7. The summed E-state index contributed by atoms with van der Waals surface area (Å²) in [7, 11) is 3.79. The third-order valence-corrected chi connectivity index (χ3v) is 3.36. The van der Waals surface area contributed by atoms with E-state index in [1.807, 2.05) is 44.3 Å². The molecule has 106 valence electrons. The highest BCUT2D eigenvalue weighted by Crippen LogP contribution is 2.23. The quantitative estimate of drug-likeness (QED) is 0.760. The molecule has 0 amide bonds. The van der Waals surface area contributed by atoms with Crippen molar-refractivity contribution in [2.45, 2.75) is 19.4 Å². The molecule has 0 aliphatic rings. The van der Waals surface area contributed by atoms with Crippen molar-refractivity contribution in [2.24, 2.45) is 0 Å². The number of hydrogen-bond acceptors (Lipinski definition) is 4. The van der Waals surface area contributed by atoms with Crippen molar-refractivity contribution < 1.29 is 9.53 Å². The Morgan fingerprint density at radius 1 is 1.32 bits per heavy atom. The van der Waals surface area contributed by atoms with E-state index in [0.29, 0.717) is 13.2 Å². The lowest BCUT2D eigenvalue weighted by Crippen LogP contribution is -2.55. The molecule has 19 heavy (non-hydrogen) atoms. The van der Waals surface area contributed by atoms with Gasteiger partial charge in [0.2, 0.25) is 0 Å². The fourth-order valence-corrected chi connectivity index (χ4v) is 2.09. The van der Waals surface area contributed by atoms with Crippen molar-refractivity contribution in [3.63, 3.8) is 0 Å². The number of esters is 1. The van der Waals surface area contributed by atoms with Crippen molar-refractivity contribution in [3.8, 4) is 0 Å². The molecule has 0 aliphatic carbocycles. The SMILES string of the molecule is CCOC(=O)C(CN(C)CC)(NC)c1ccccc1. The summed E-state index contributed by atoms with van der Waals surface area (Å²) in [5.74, 6) is -0.232. The number of carbonyl (C=O) groups is 1. The zero-order valence-electron chi connectivity index (χ0n) is 12.3. The number of benzene rings is 1. The van der Waals surface area contributed by atoms with Crippen LogP contribution in [0.25, 0.3) is 0 Å². The predicted molar refractivity (Wildman–Crippen MR) is 77.0 cm³/mol. The molecular weight excluding hydrogens is 240 g/mol. The molecule has 0 aromatic heterocycles. The van der Waals surface area contributed by atoms with Gasteiger partial charge in [-0.2, -0.15) is 0 Å². The first-order valence-corrected chi connectivity index (χ1v) is 6.71. The molecule has 4 nitrogen and oxygen atoms in total. The molecule has 0 radical (unpaired) electrons. The number of rotatable bonds is 7. The Labute approximate surface area is 115 Å². The van der Waals surface area contributed by atoms with Gasteiger partial charge in [-0.15, -0.1) is 0 Å². The van der Waals surface area contributed by atoms with Crippen LogP contribution in [-0.4, -0.2) is 44.7 Å². The first-order chi connectivity index (χ1) is 9.10. The Morgan fingerprint density at radius 3 is 2.42 bits per heavy atom. The number of nitrogens with zero attached hydrogens (tertiary/aromatic N) is 1. The molecule has 1 aromatic rings. The van der Waals surface area contributed by atoms with Crippen molar-refractivity contribution in [3.05, 3.63) is 35.9 Å². The number of nitrogens with one attached hydrogen (secondary N) is 1. The molecule has 0 bridgehead atoms. The highest BCUT2D eigenvalue weighted by Gasteiger charge is 2.41. The van der Waals surface area contributed by atoms with Crippen LogP contribution in [0.15, 0.2) is 30.3 Å². The van der Waals surface area contributed by atoms with Gasteiger partial charge in [-0.3, -0.25) is 0 Å². The largest absolute Gasteiger partial charge is 0.464 e. The lowest BCUT2D eigenvalue weighted by atomic mass is 9.89. The van der Waals surface area contributed by atoms with Gasteiger partial charge < -0.3 is 15.0 Å². The van der Waals surface area contributed by atoms with Crippen LogP contribution in [0.4, 0.5) is 0 Å². The maximum absolute atomic E-state index is 12.4. The van der Waals surface area contributed by atoms with Crippen LogP contribution in [-0.2, 0) is 15.1 Å². The van der Waals surface area contributed by atoms with Gasteiger partial charge in [0, 0.05) is 6.54 Å². The summed E-state index contributed by atoms with van der Waals surface area (Å²) in [4.78, 5) is 14.5. The lowest BCUT2D eigenvalue weighted by molar-refractivity contribution is -0.152. The van der Waals surface area contributed by atoms with Gasteiger partial charge in [-0.05, 0) is 33.1 Å². The van der Waals surface area contributed by atoms with E-state index in [1.165, 1.54) is 0 Å². The summed E-state index contributed by atoms with van der Waals surface area (Å²) in [5, 5.41) is 3.17. The Morgan fingerprint density at radius 2 is 1.95 bits per heavy atom. The monoisotopic (exact) mass is 264 g/mol. The van der Waals surface area contributed by atoms with Gasteiger partial charge in [0.1, 0.15) is 0 Å². The van der Waals surface area contributed by atoms with Crippen LogP contribution in [0.1, 0.15) is 19.4 Å². The molecule has 0 saturated heterocycles. The van der Waals surface area contributed by atoms with E-state index in [2.05, 4.69) is 17.1 Å². The second-order valence-corrected chi connectivity index (χ2v) is 4.57. The summed E-state index contributed by atoms with van der Waals surface area (Å²) in [6, 6.07) is 9.73. The molecule has 0 saturated carbocycles. The summed E-state index contributed by atoms with van der Waals surface area (Å²) in [6.07, 6.45) is 0. The van der Waals surface area contributed by atoms with E-state index < -0.39 is 5.54 Å². The fraction of sp³-hybridized carbons (Fsp3) is 0.533. The predicted octanol–water partition coefficient (Wildman–Crippen LogP) is 1.62. The second-order valence-electron chi connectivity index (χ2n) is 4.57. The zero-order valence-corrected chi connectivity index (χ0v) is 12.3. The van der Waals surface area contributed by atoms with E-state index >= 15 is 0 Å². The van der Waals surface area contributed by atoms with Crippen LogP contribution in [0, 0.1) is 0 Å². The topological polar surface area (TPSA) is 41.6 Å². The van der Waals surface area contributed by atoms with Crippen LogP contribution < -0.4 is 5.32 Å². The van der Waals surface area contributed by atoms with Crippen molar-refractivity contribution >= 4 is 5.97 Å². The molecule has 1 atom stereocenters. The zero-order chi connectivity index (χ0) is 14.3. The van der Waals surface area contributed by atoms with Gasteiger partial charge in [0.15, 0.2) is 5.54 Å². The van der Waals surface area contributed by atoms with Crippen molar-refractivity contribution in [2.75, 3.05) is 33.8 Å². The molecule has 1 aromatic carbocycles. The summed E-state index contributed by atoms with van der Waals surface area (Å²) >= 11 is 0. The molecule has 0 heterocycles.